The van der Waals surface area contributed by atoms with Crippen LogP contribution in [-0.2, 0) is 5.54 Å². The molecule has 0 saturated heterocycles. The van der Waals surface area contributed by atoms with E-state index in [4.69, 9.17) is 0 Å². The second-order valence-electron chi connectivity index (χ2n) is 6.22. The minimum atomic E-state index is 0.0287. The van der Waals surface area contributed by atoms with Crippen LogP contribution in [0.1, 0.15) is 58.2 Å². The van der Waals surface area contributed by atoms with Gasteiger partial charge in [0.05, 0.1) is 5.54 Å². The van der Waals surface area contributed by atoms with E-state index in [1.54, 1.807) is 11.3 Å². The van der Waals surface area contributed by atoms with Gasteiger partial charge in [-0.25, -0.2) is 4.98 Å². The third-order valence-electron chi connectivity index (χ3n) is 3.03. The Labute approximate surface area is 110 Å². The molecule has 1 rings (SSSR count). The molecule has 0 spiro atoms. The summed E-state index contributed by atoms with van der Waals surface area (Å²) < 4.78 is 0. The van der Waals surface area contributed by atoms with Gasteiger partial charge >= 0.3 is 0 Å². The monoisotopic (exact) mass is 254 g/mol. The van der Waals surface area contributed by atoms with Crippen LogP contribution in [0.4, 0.5) is 0 Å². The first kappa shape index (κ1) is 14.7. The van der Waals surface area contributed by atoms with Crippen molar-refractivity contribution in [1.29, 1.82) is 0 Å². The summed E-state index contributed by atoms with van der Waals surface area (Å²) >= 11 is 1.77. The van der Waals surface area contributed by atoms with Crippen molar-refractivity contribution >= 4 is 11.3 Å². The van der Waals surface area contributed by atoms with E-state index in [1.807, 2.05) is 0 Å². The lowest BCUT2D eigenvalue weighted by Gasteiger charge is -2.31. The molecule has 3 heteroatoms. The van der Waals surface area contributed by atoms with Crippen LogP contribution in [0.5, 0.6) is 0 Å². The second-order valence-corrected chi connectivity index (χ2v) is 7.08. The number of thiazole rings is 1. The standard InChI is InChI=1S/C14H26N2S/c1-7-15-14(6,9-8-13(3,4)5)12-16-11(2)10-17-12/h10,15H,7-9H2,1-6H3. The van der Waals surface area contributed by atoms with Gasteiger partial charge in [-0.15, -0.1) is 11.3 Å². The Kier molecular flexibility index (Phi) is 4.73. The van der Waals surface area contributed by atoms with Crippen LogP contribution in [0.2, 0.25) is 0 Å². The van der Waals surface area contributed by atoms with Crippen LogP contribution in [0.3, 0.4) is 0 Å². The van der Waals surface area contributed by atoms with E-state index in [-0.39, 0.29) is 5.54 Å². The first-order chi connectivity index (χ1) is 7.77. The molecular weight excluding hydrogens is 228 g/mol. The van der Waals surface area contributed by atoms with Crippen LogP contribution >= 0.6 is 11.3 Å². The number of hydrogen-bond donors (Lipinski definition) is 1. The fourth-order valence-electron chi connectivity index (χ4n) is 1.89. The van der Waals surface area contributed by atoms with Gasteiger partial charge in [0.25, 0.3) is 0 Å². The van der Waals surface area contributed by atoms with E-state index in [1.165, 1.54) is 11.4 Å². The summed E-state index contributed by atoms with van der Waals surface area (Å²) in [6, 6.07) is 0. The minimum Gasteiger partial charge on any atom is -0.306 e. The van der Waals surface area contributed by atoms with E-state index in [9.17, 15) is 0 Å². The Morgan fingerprint density at radius 3 is 2.29 bits per heavy atom. The van der Waals surface area contributed by atoms with Crippen LogP contribution in [0, 0.1) is 12.3 Å². The highest BCUT2D eigenvalue weighted by Crippen LogP contribution is 2.33. The number of rotatable bonds is 5. The zero-order chi connectivity index (χ0) is 13.1. The molecule has 0 aliphatic rings. The van der Waals surface area contributed by atoms with Crippen molar-refractivity contribution in [2.24, 2.45) is 5.41 Å². The highest BCUT2D eigenvalue weighted by molar-refractivity contribution is 7.09. The van der Waals surface area contributed by atoms with Gasteiger partial charge in [0.1, 0.15) is 5.01 Å². The van der Waals surface area contributed by atoms with Gasteiger partial charge in [0.15, 0.2) is 0 Å². The van der Waals surface area contributed by atoms with E-state index < -0.39 is 0 Å². The van der Waals surface area contributed by atoms with Crippen molar-refractivity contribution in [3.63, 3.8) is 0 Å². The third-order valence-corrected chi connectivity index (χ3v) is 4.26. The van der Waals surface area contributed by atoms with Gasteiger partial charge < -0.3 is 5.32 Å². The Balaban J connectivity index is 2.82. The van der Waals surface area contributed by atoms with Gasteiger partial charge in [-0.3, -0.25) is 0 Å². The molecule has 0 amide bonds. The van der Waals surface area contributed by atoms with E-state index in [0.717, 1.165) is 18.7 Å². The number of nitrogens with one attached hydrogen (secondary N) is 1. The average molecular weight is 254 g/mol. The van der Waals surface area contributed by atoms with Crippen molar-refractivity contribution in [3.05, 3.63) is 16.1 Å². The molecule has 2 nitrogen and oxygen atoms in total. The van der Waals surface area contributed by atoms with Crippen LogP contribution in [0.25, 0.3) is 0 Å². The summed E-state index contributed by atoms with van der Waals surface area (Å²) in [4.78, 5) is 4.66. The SMILES string of the molecule is CCNC(C)(CCC(C)(C)C)c1nc(C)cs1. The van der Waals surface area contributed by atoms with Crippen molar-refractivity contribution in [2.75, 3.05) is 6.54 Å². The maximum absolute atomic E-state index is 4.66. The molecule has 1 atom stereocenters. The fourth-order valence-corrected chi connectivity index (χ4v) is 2.86. The Hall–Kier alpha value is -0.410. The van der Waals surface area contributed by atoms with Crippen LogP contribution < -0.4 is 5.32 Å². The minimum absolute atomic E-state index is 0.0287. The lowest BCUT2D eigenvalue weighted by atomic mass is 9.84. The fraction of sp³-hybridized carbons (Fsp3) is 0.786. The normalized spacial score (nSPS) is 15.9. The summed E-state index contributed by atoms with van der Waals surface area (Å²) in [5.41, 5.74) is 1.54. The predicted molar refractivity (Wildman–Crippen MR) is 76.6 cm³/mol. The number of nitrogens with zero attached hydrogens (tertiary/aromatic N) is 1. The molecule has 1 N–H and O–H groups in total. The van der Waals surface area contributed by atoms with E-state index in [0.29, 0.717) is 5.41 Å². The molecule has 0 bridgehead atoms. The number of hydrogen-bond acceptors (Lipinski definition) is 3. The molecule has 0 aliphatic heterocycles. The van der Waals surface area contributed by atoms with E-state index >= 15 is 0 Å². The smallest absolute Gasteiger partial charge is 0.113 e. The molecule has 0 fully saturated rings. The van der Waals surface area contributed by atoms with Gasteiger partial charge in [-0.1, -0.05) is 27.7 Å². The highest BCUT2D eigenvalue weighted by atomic mass is 32.1. The Bertz CT molecular complexity index is 351. The molecule has 0 radical (unpaired) electrons. The molecule has 1 aromatic heterocycles. The lowest BCUT2D eigenvalue weighted by molar-refractivity contribution is 0.267. The summed E-state index contributed by atoms with van der Waals surface area (Å²) in [5, 5.41) is 6.97. The molecule has 1 unspecified atom stereocenters. The van der Waals surface area contributed by atoms with E-state index in [2.05, 4.69) is 57.2 Å². The molecule has 0 saturated carbocycles. The van der Waals surface area contributed by atoms with Crippen LogP contribution in [0.15, 0.2) is 5.38 Å². The van der Waals surface area contributed by atoms with Crippen molar-refractivity contribution < 1.29 is 0 Å². The van der Waals surface area contributed by atoms with Crippen molar-refractivity contribution in [2.45, 2.75) is 59.9 Å². The van der Waals surface area contributed by atoms with Gasteiger partial charge in [-0.2, -0.15) is 0 Å². The zero-order valence-corrected chi connectivity index (χ0v) is 12.9. The Morgan fingerprint density at radius 1 is 1.24 bits per heavy atom. The molecule has 1 heterocycles. The predicted octanol–water partition coefficient (Wildman–Crippen LogP) is 4.10. The highest BCUT2D eigenvalue weighted by Gasteiger charge is 2.30. The van der Waals surface area contributed by atoms with Gasteiger partial charge in [0.2, 0.25) is 0 Å². The maximum Gasteiger partial charge on any atom is 0.113 e. The summed E-state index contributed by atoms with van der Waals surface area (Å²) in [6.45, 7) is 14.4. The molecular formula is C14H26N2S. The largest absolute Gasteiger partial charge is 0.306 e. The summed E-state index contributed by atoms with van der Waals surface area (Å²) in [7, 11) is 0. The first-order valence-electron chi connectivity index (χ1n) is 6.44. The quantitative estimate of drug-likeness (QED) is 0.855. The van der Waals surface area contributed by atoms with Crippen LogP contribution in [-0.4, -0.2) is 11.5 Å². The molecule has 98 valence electrons. The first-order valence-corrected chi connectivity index (χ1v) is 7.32. The molecule has 0 aromatic carbocycles. The van der Waals surface area contributed by atoms with Crippen molar-refractivity contribution in [3.8, 4) is 0 Å². The second kappa shape index (κ2) is 5.49. The Morgan fingerprint density at radius 2 is 1.88 bits per heavy atom. The van der Waals surface area contributed by atoms with Gasteiger partial charge in [-0.05, 0) is 38.6 Å². The zero-order valence-electron chi connectivity index (χ0n) is 12.1. The molecule has 17 heavy (non-hydrogen) atoms. The summed E-state index contributed by atoms with van der Waals surface area (Å²) in [6.07, 6.45) is 2.34. The molecule has 1 aromatic rings. The molecule has 0 aliphatic carbocycles. The van der Waals surface area contributed by atoms with Gasteiger partial charge in [0, 0.05) is 11.1 Å². The third kappa shape index (κ3) is 4.40. The number of aryl methyl sites for hydroxylation is 1. The number of aromatic nitrogens is 1. The topological polar surface area (TPSA) is 24.9 Å². The average Bonchev–Trinajstić information content (AvgIpc) is 2.62. The summed E-state index contributed by atoms with van der Waals surface area (Å²) in [5.74, 6) is 0. The maximum atomic E-state index is 4.66. The lowest BCUT2D eigenvalue weighted by Crippen LogP contribution is -2.40. The van der Waals surface area contributed by atoms with Crippen molar-refractivity contribution in [1.82, 2.24) is 10.3 Å².